The van der Waals surface area contributed by atoms with Gasteiger partial charge in [0.05, 0.1) is 0 Å². The molecule has 0 aliphatic carbocycles. The summed E-state index contributed by atoms with van der Waals surface area (Å²) >= 11 is 0. The molecule has 0 atom stereocenters. The SMILES string of the molecule is O=C(O)c1cc(NCc2ccc(F)cc2)ccn1. The molecule has 4 nitrogen and oxygen atoms in total. The van der Waals surface area contributed by atoms with Gasteiger partial charge in [0.2, 0.25) is 0 Å². The Kier molecular flexibility index (Phi) is 3.52. The number of hydrogen-bond acceptors (Lipinski definition) is 3. The van der Waals surface area contributed by atoms with Gasteiger partial charge in [0.1, 0.15) is 11.5 Å². The molecule has 2 N–H and O–H groups in total. The van der Waals surface area contributed by atoms with Crippen LogP contribution in [-0.4, -0.2) is 16.1 Å². The summed E-state index contributed by atoms with van der Waals surface area (Å²) in [6, 6.07) is 9.23. The molecule has 18 heavy (non-hydrogen) atoms. The van der Waals surface area contributed by atoms with Gasteiger partial charge in [-0.25, -0.2) is 14.2 Å². The molecule has 0 bridgehead atoms. The number of carboxylic acids is 1. The van der Waals surface area contributed by atoms with Gasteiger partial charge in [0, 0.05) is 18.4 Å². The van der Waals surface area contributed by atoms with Crippen LogP contribution in [0.15, 0.2) is 42.6 Å². The van der Waals surface area contributed by atoms with Crippen molar-refractivity contribution < 1.29 is 14.3 Å². The summed E-state index contributed by atoms with van der Waals surface area (Å²) in [5.74, 6) is -1.35. The maximum Gasteiger partial charge on any atom is 0.354 e. The van der Waals surface area contributed by atoms with E-state index in [1.165, 1.54) is 24.4 Å². The van der Waals surface area contributed by atoms with Crippen molar-refractivity contribution in [3.05, 3.63) is 59.7 Å². The topological polar surface area (TPSA) is 62.2 Å². The van der Waals surface area contributed by atoms with Crippen molar-refractivity contribution in [3.8, 4) is 0 Å². The normalized spacial score (nSPS) is 10.1. The number of anilines is 1. The molecule has 1 heterocycles. The van der Waals surface area contributed by atoms with E-state index in [2.05, 4.69) is 10.3 Å². The molecule has 1 aromatic carbocycles. The van der Waals surface area contributed by atoms with E-state index >= 15 is 0 Å². The lowest BCUT2D eigenvalue weighted by Gasteiger charge is -2.06. The molecule has 0 spiro atoms. The van der Waals surface area contributed by atoms with E-state index in [4.69, 9.17) is 5.11 Å². The van der Waals surface area contributed by atoms with Gasteiger partial charge in [-0.05, 0) is 29.8 Å². The van der Waals surface area contributed by atoms with E-state index in [0.717, 1.165) is 5.56 Å². The number of aromatic carboxylic acids is 1. The molecule has 0 aliphatic heterocycles. The number of carbonyl (C=O) groups is 1. The van der Waals surface area contributed by atoms with Crippen molar-refractivity contribution in [2.75, 3.05) is 5.32 Å². The highest BCUT2D eigenvalue weighted by molar-refractivity contribution is 5.86. The molecular formula is C13H11FN2O2. The summed E-state index contributed by atoms with van der Waals surface area (Å²) in [6.45, 7) is 0.489. The minimum Gasteiger partial charge on any atom is -0.477 e. The number of benzene rings is 1. The van der Waals surface area contributed by atoms with E-state index < -0.39 is 5.97 Å². The number of pyridine rings is 1. The first kappa shape index (κ1) is 12.0. The third-order valence-corrected chi connectivity index (χ3v) is 2.39. The number of aromatic nitrogens is 1. The third-order valence-electron chi connectivity index (χ3n) is 2.39. The van der Waals surface area contributed by atoms with Crippen LogP contribution in [0.4, 0.5) is 10.1 Å². The quantitative estimate of drug-likeness (QED) is 0.870. The van der Waals surface area contributed by atoms with Crippen LogP contribution < -0.4 is 5.32 Å². The lowest BCUT2D eigenvalue weighted by molar-refractivity contribution is 0.0690. The van der Waals surface area contributed by atoms with E-state index in [9.17, 15) is 9.18 Å². The predicted octanol–water partition coefficient (Wildman–Crippen LogP) is 2.53. The summed E-state index contributed by atoms with van der Waals surface area (Å²) < 4.78 is 12.7. The van der Waals surface area contributed by atoms with Crippen LogP contribution in [0, 0.1) is 5.82 Å². The van der Waals surface area contributed by atoms with Crippen LogP contribution >= 0.6 is 0 Å². The average Bonchev–Trinajstić information content (AvgIpc) is 2.38. The van der Waals surface area contributed by atoms with Gasteiger partial charge in [-0.15, -0.1) is 0 Å². The molecule has 2 aromatic rings. The van der Waals surface area contributed by atoms with Gasteiger partial charge in [-0.1, -0.05) is 12.1 Å². The first-order valence-corrected chi connectivity index (χ1v) is 5.33. The second-order valence-electron chi connectivity index (χ2n) is 3.71. The van der Waals surface area contributed by atoms with E-state index in [1.54, 1.807) is 18.2 Å². The maximum absolute atomic E-state index is 12.7. The molecule has 0 fully saturated rings. The maximum atomic E-state index is 12.7. The smallest absolute Gasteiger partial charge is 0.354 e. The Morgan fingerprint density at radius 1 is 1.28 bits per heavy atom. The molecular weight excluding hydrogens is 235 g/mol. The largest absolute Gasteiger partial charge is 0.477 e. The highest BCUT2D eigenvalue weighted by atomic mass is 19.1. The average molecular weight is 246 g/mol. The Morgan fingerprint density at radius 2 is 2.00 bits per heavy atom. The summed E-state index contributed by atoms with van der Waals surface area (Å²) in [6.07, 6.45) is 1.43. The van der Waals surface area contributed by atoms with Gasteiger partial charge < -0.3 is 10.4 Å². The zero-order valence-electron chi connectivity index (χ0n) is 9.43. The van der Waals surface area contributed by atoms with Gasteiger partial charge in [-0.2, -0.15) is 0 Å². The van der Waals surface area contributed by atoms with E-state index in [1.807, 2.05) is 0 Å². The summed E-state index contributed by atoms with van der Waals surface area (Å²) in [5, 5.41) is 11.8. The van der Waals surface area contributed by atoms with Crippen LogP contribution in [0.1, 0.15) is 16.1 Å². The number of hydrogen-bond donors (Lipinski definition) is 2. The second kappa shape index (κ2) is 5.27. The Bertz CT molecular complexity index is 555. The number of nitrogens with one attached hydrogen (secondary N) is 1. The van der Waals surface area contributed by atoms with Crippen molar-refractivity contribution in [1.82, 2.24) is 4.98 Å². The minimum absolute atomic E-state index is 0.0147. The molecule has 1 aromatic heterocycles. The van der Waals surface area contributed by atoms with E-state index in [-0.39, 0.29) is 11.5 Å². The Hall–Kier alpha value is -2.43. The molecule has 0 saturated carbocycles. The number of nitrogens with zero attached hydrogens (tertiary/aromatic N) is 1. The Labute approximate surface area is 103 Å². The van der Waals surface area contributed by atoms with Gasteiger partial charge in [0.25, 0.3) is 0 Å². The fraction of sp³-hybridized carbons (Fsp3) is 0.0769. The van der Waals surface area contributed by atoms with Crippen LogP contribution in [0.25, 0.3) is 0 Å². The number of carboxylic acid groups (broad SMARTS) is 1. The zero-order chi connectivity index (χ0) is 13.0. The van der Waals surface area contributed by atoms with Crippen molar-refractivity contribution in [3.63, 3.8) is 0 Å². The second-order valence-corrected chi connectivity index (χ2v) is 3.71. The van der Waals surface area contributed by atoms with Crippen LogP contribution in [-0.2, 0) is 6.54 Å². The highest BCUT2D eigenvalue weighted by Gasteiger charge is 2.04. The molecule has 2 rings (SSSR count). The fourth-order valence-corrected chi connectivity index (χ4v) is 1.46. The molecule has 0 unspecified atom stereocenters. The monoisotopic (exact) mass is 246 g/mol. The standard InChI is InChI=1S/C13H11FN2O2/c14-10-3-1-9(2-4-10)8-16-11-5-6-15-12(7-11)13(17)18/h1-7H,8H2,(H,15,16)(H,17,18). The van der Waals surface area contributed by atoms with Crippen LogP contribution in [0.2, 0.25) is 0 Å². The number of halogens is 1. The molecule has 0 radical (unpaired) electrons. The summed E-state index contributed by atoms with van der Waals surface area (Å²) in [7, 11) is 0. The third kappa shape index (κ3) is 3.04. The zero-order valence-corrected chi connectivity index (χ0v) is 9.43. The summed E-state index contributed by atoms with van der Waals surface area (Å²) in [4.78, 5) is 14.4. The lowest BCUT2D eigenvalue weighted by Crippen LogP contribution is -2.03. The van der Waals surface area contributed by atoms with Crippen molar-refractivity contribution in [2.24, 2.45) is 0 Å². The Morgan fingerprint density at radius 3 is 2.67 bits per heavy atom. The van der Waals surface area contributed by atoms with Gasteiger partial charge in [0.15, 0.2) is 0 Å². The summed E-state index contributed by atoms with van der Waals surface area (Å²) in [5.41, 5.74) is 1.55. The first-order valence-electron chi connectivity index (χ1n) is 5.33. The fourth-order valence-electron chi connectivity index (χ4n) is 1.46. The van der Waals surface area contributed by atoms with Gasteiger partial charge >= 0.3 is 5.97 Å². The number of rotatable bonds is 4. The molecule has 0 saturated heterocycles. The van der Waals surface area contributed by atoms with Crippen molar-refractivity contribution in [2.45, 2.75) is 6.54 Å². The lowest BCUT2D eigenvalue weighted by atomic mass is 10.2. The van der Waals surface area contributed by atoms with Crippen molar-refractivity contribution >= 4 is 11.7 Å². The van der Waals surface area contributed by atoms with Crippen LogP contribution in [0.3, 0.4) is 0 Å². The predicted molar refractivity (Wildman–Crippen MR) is 64.9 cm³/mol. The molecule has 92 valence electrons. The highest BCUT2D eigenvalue weighted by Crippen LogP contribution is 2.10. The molecule has 0 amide bonds. The van der Waals surface area contributed by atoms with E-state index in [0.29, 0.717) is 12.2 Å². The first-order chi connectivity index (χ1) is 8.65. The molecule has 0 aliphatic rings. The molecule has 5 heteroatoms. The van der Waals surface area contributed by atoms with Crippen molar-refractivity contribution in [1.29, 1.82) is 0 Å². The van der Waals surface area contributed by atoms with Gasteiger partial charge in [-0.3, -0.25) is 0 Å². The Balaban J connectivity index is 2.04. The van der Waals surface area contributed by atoms with Crippen LogP contribution in [0.5, 0.6) is 0 Å². The minimum atomic E-state index is -1.07.